The maximum absolute atomic E-state index is 12.9. The molecule has 0 spiro atoms. The van der Waals surface area contributed by atoms with Crippen molar-refractivity contribution in [3.05, 3.63) is 68.0 Å². The molecule has 0 aliphatic heterocycles. The normalized spacial score (nSPS) is 11.6. The zero-order valence-electron chi connectivity index (χ0n) is 16.0. The van der Waals surface area contributed by atoms with Crippen LogP contribution in [-0.4, -0.2) is 34.2 Å². The summed E-state index contributed by atoms with van der Waals surface area (Å²) in [5.74, 6) is -0.740. The standard InChI is InChI=1S/C19H17F3N4O4/c1-10-13(16(27)24-12-5-3-4-11(8-12)19(20,21)22)9-14-15(23-10)26(6-7-30-2)18(29)25-17(14)28/h3-5,8-9H,6-7H2,1-2H3,(H,24,27)(H,25,28,29). The van der Waals surface area contributed by atoms with E-state index >= 15 is 0 Å². The molecule has 0 fully saturated rings. The first-order valence-electron chi connectivity index (χ1n) is 8.74. The Kier molecular flexibility index (Phi) is 5.74. The van der Waals surface area contributed by atoms with E-state index in [2.05, 4.69) is 15.3 Å². The number of aryl methyl sites for hydroxylation is 1. The Morgan fingerprint density at radius 3 is 2.67 bits per heavy atom. The Bertz CT molecular complexity index is 1230. The molecule has 0 aliphatic carbocycles. The van der Waals surface area contributed by atoms with Crippen molar-refractivity contribution in [1.82, 2.24) is 14.5 Å². The van der Waals surface area contributed by atoms with Crippen molar-refractivity contribution in [3.63, 3.8) is 0 Å². The molecule has 0 atom stereocenters. The minimum absolute atomic E-state index is 0.00880. The van der Waals surface area contributed by atoms with Crippen molar-refractivity contribution in [1.29, 1.82) is 0 Å². The molecule has 11 heteroatoms. The number of alkyl halides is 3. The first kappa shape index (κ1) is 21.2. The van der Waals surface area contributed by atoms with Gasteiger partial charge in [0.05, 0.1) is 35.4 Å². The van der Waals surface area contributed by atoms with E-state index < -0.39 is 28.9 Å². The van der Waals surface area contributed by atoms with E-state index in [4.69, 9.17) is 4.74 Å². The molecule has 8 nitrogen and oxygen atoms in total. The Balaban J connectivity index is 2.02. The van der Waals surface area contributed by atoms with Gasteiger partial charge in [0.25, 0.3) is 11.5 Å². The van der Waals surface area contributed by atoms with E-state index in [1.165, 1.54) is 36.8 Å². The lowest BCUT2D eigenvalue weighted by Crippen LogP contribution is -2.32. The number of methoxy groups -OCH3 is 1. The number of pyridine rings is 1. The van der Waals surface area contributed by atoms with Crippen LogP contribution in [0.2, 0.25) is 0 Å². The molecule has 0 bridgehead atoms. The fraction of sp³-hybridized carbons (Fsp3) is 0.263. The third-order valence-electron chi connectivity index (χ3n) is 4.37. The summed E-state index contributed by atoms with van der Waals surface area (Å²) >= 11 is 0. The Labute approximate surface area is 167 Å². The molecular formula is C19H17F3N4O4. The quantitative estimate of drug-likeness (QED) is 0.657. The second-order valence-electron chi connectivity index (χ2n) is 6.43. The monoisotopic (exact) mass is 422 g/mol. The van der Waals surface area contributed by atoms with Crippen LogP contribution in [-0.2, 0) is 17.5 Å². The summed E-state index contributed by atoms with van der Waals surface area (Å²) in [6.07, 6.45) is -4.56. The lowest BCUT2D eigenvalue weighted by Gasteiger charge is -2.13. The average Bonchev–Trinajstić information content (AvgIpc) is 2.67. The summed E-state index contributed by atoms with van der Waals surface area (Å²) in [6.45, 7) is 1.82. The van der Waals surface area contributed by atoms with E-state index in [1.807, 2.05) is 0 Å². The number of halogens is 3. The van der Waals surface area contributed by atoms with Crippen LogP contribution >= 0.6 is 0 Å². The highest BCUT2D eigenvalue weighted by molar-refractivity contribution is 6.06. The lowest BCUT2D eigenvalue weighted by molar-refractivity contribution is -0.137. The first-order valence-corrected chi connectivity index (χ1v) is 8.74. The van der Waals surface area contributed by atoms with Crippen LogP contribution in [0.5, 0.6) is 0 Å². The number of aromatic nitrogens is 3. The van der Waals surface area contributed by atoms with Crippen LogP contribution in [0.3, 0.4) is 0 Å². The van der Waals surface area contributed by atoms with E-state index in [1.54, 1.807) is 0 Å². The van der Waals surface area contributed by atoms with E-state index in [-0.39, 0.29) is 41.1 Å². The summed E-state index contributed by atoms with van der Waals surface area (Å²) < 4.78 is 44.8. The lowest BCUT2D eigenvalue weighted by atomic mass is 10.1. The van der Waals surface area contributed by atoms with Crippen LogP contribution in [0.1, 0.15) is 21.6 Å². The van der Waals surface area contributed by atoms with Gasteiger partial charge in [0.15, 0.2) is 0 Å². The van der Waals surface area contributed by atoms with Gasteiger partial charge in [-0.15, -0.1) is 0 Å². The molecule has 158 valence electrons. The van der Waals surface area contributed by atoms with Crippen molar-refractivity contribution >= 4 is 22.6 Å². The molecule has 3 aromatic rings. The second-order valence-corrected chi connectivity index (χ2v) is 6.43. The van der Waals surface area contributed by atoms with Crippen LogP contribution in [0, 0.1) is 6.92 Å². The topological polar surface area (TPSA) is 106 Å². The smallest absolute Gasteiger partial charge is 0.383 e. The zero-order chi connectivity index (χ0) is 22.1. The Hall–Kier alpha value is -3.47. The van der Waals surface area contributed by atoms with Gasteiger partial charge in [0, 0.05) is 12.8 Å². The second kappa shape index (κ2) is 8.11. The molecule has 3 rings (SSSR count). The molecule has 0 saturated heterocycles. The number of fused-ring (bicyclic) bond motifs is 1. The number of hydrogen-bond acceptors (Lipinski definition) is 5. The largest absolute Gasteiger partial charge is 0.416 e. The number of hydrogen-bond donors (Lipinski definition) is 2. The van der Waals surface area contributed by atoms with E-state index in [0.29, 0.717) is 0 Å². The number of H-pyrrole nitrogens is 1. The Morgan fingerprint density at radius 2 is 2.00 bits per heavy atom. The van der Waals surface area contributed by atoms with Gasteiger partial charge in [0.1, 0.15) is 5.65 Å². The van der Waals surface area contributed by atoms with Crippen molar-refractivity contribution in [2.24, 2.45) is 0 Å². The number of anilines is 1. The van der Waals surface area contributed by atoms with Gasteiger partial charge in [-0.05, 0) is 31.2 Å². The molecule has 0 unspecified atom stereocenters. The molecule has 1 aromatic carbocycles. The van der Waals surface area contributed by atoms with Gasteiger partial charge in [-0.25, -0.2) is 9.78 Å². The van der Waals surface area contributed by atoms with Crippen molar-refractivity contribution in [2.45, 2.75) is 19.6 Å². The highest BCUT2D eigenvalue weighted by Gasteiger charge is 2.30. The molecule has 2 heterocycles. The average molecular weight is 422 g/mol. The van der Waals surface area contributed by atoms with Gasteiger partial charge in [-0.2, -0.15) is 13.2 Å². The predicted octanol–water partition coefficient (Wildman–Crippen LogP) is 2.31. The molecule has 2 aromatic heterocycles. The zero-order valence-corrected chi connectivity index (χ0v) is 16.0. The van der Waals surface area contributed by atoms with E-state index in [9.17, 15) is 27.6 Å². The predicted molar refractivity (Wildman–Crippen MR) is 103 cm³/mol. The Morgan fingerprint density at radius 1 is 1.27 bits per heavy atom. The number of rotatable bonds is 5. The minimum atomic E-state index is -4.56. The highest BCUT2D eigenvalue weighted by Crippen LogP contribution is 2.30. The SMILES string of the molecule is COCCn1c(=O)[nH]c(=O)c2cc(C(=O)Nc3cccc(C(F)(F)F)c3)c(C)nc21. The van der Waals surface area contributed by atoms with Gasteiger partial charge in [0.2, 0.25) is 0 Å². The number of ether oxygens (including phenoxy) is 1. The first-order chi connectivity index (χ1) is 14.1. The molecule has 0 radical (unpaired) electrons. The third-order valence-corrected chi connectivity index (χ3v) is 4.37. The van der Waals surface area contributed by atoms with Crippen LogP contribution in [0.15, 0.2) is 39.9 Å². The summed E-state index contributed by atoms with van der Waals surface area (Å²) in [7, 11) is 1.45. The van der Waals surface area contributed by atoms with Gasteiger partial charge in [-0.1, -0.05) is 6.07 Å². The number of benzene rings is 1. The van der Waals surface area contributed by atoms with Crippen LogP contribution in [0.25, 0.3) is 11.0 Å². The number of carbonyl (C=O) groups excluding carboxylic acids is 1. The van der Waals surface area contributed by atoms with Gasteiger partial charge >= 0.3 is 11.9 Å². The van der Waals surface area contributed by atoms with Crippen molar-refractivity contribution in [3.8, 4) is 0 Å². The highest BCUT2D eigenvalue weighted by atomic mass is 19.4. The summed E-state index contributed by atoms with van der Waals surface area (Å²) in [6, 6.07) is 5.42. The van der Waals surface area contributed by atoms with Gasteiger partial charge < -0.3 is 10.1 Å². The summed E-state index contributed by atoms with van der Waals surface area (Å²) in [5, 5.41) is 2.37. The number of nitrogens with one attached hydrogen (secondary N) is 2. The van der Waals surface area contributed by atoms with Crippen LogP contribution in [0.4, 0.5) is 18.9 Å². The van der Waals surface area contributed by atoms with Crippen LogP contribution < -0.4 is 16.6 Å². The molecule has 1 amide bonds. The van der Waals surface area contributed by atoms with Crippen molar-refractivity contribution in [2.75, 3.05) is 19.0 Å². The molecule has 0 aliphatic rings. The fourth-order valence-corrected chi connectivity index (χ4v) is 2.89. The number of nitrogens with zero attached hydrogens (tertiary/aromatic N) is 2. The number of aromatic amines is 1. The number of carbonyl (C=O) groups is 1. The minimum Gasteiger partial charge on any atom is -0.383 e. The third kappa shape index (κ3) is 4.25. The fourth-order valence-electron chi connectivity index (χ4n) is 2.89. The maximum atomic E-state index is 12.9. The van der Waals surface area contributed by atoms with E-state index in [0.717, 1.165) is 12.1 Å². The summed E-state index contributed by atoms with van der Waals surface area (Å²) in [4.78, 5) is 43.3. The van der Waals surface area contributed by atoms with Crippen molar-refractivity contribution < 1.29 is 22.7 Å². The summed E-state index contributed by atoms with van der Waals surface area (Å²) in [5.41, 5.74) is -2.11. The maximum Gasteiger partial charge on any atom is 0.416 e. The molecule has 2 N–H and O–H groups in total. The molecule has 0 saturated carbocycles. The number of amides is 1. The molecular weight excluding hydrogens is 405 g/mol. The molecule has 30 heavy (non-hydrogen) atoms. The van der Waals surface area contributed by atoms with Gasteiger partial charge in [-0.3, -0.25) is 19.1 Å².